The Morgan fingerprint density at radius 3 is 2.06 bits per heavy atom. The van der Waals surface area contributed by atoms with Gasteiger partial charge < -0.3 is 35.5 Å². The number of nitrogens with one attached hydrogen (secondary N) is 3. The highest BCUT2D eigenvalue weighted by molar-refractivity contribution is 7.99. The van der Waals surface area contributed by atoms with E-state index < -0.39 is 23.9 Å². The molecule has 1 heterocycles. The average Bonchev–Trinajstić information content (AvgIpc) is 3.46. The van der Waals surface area contributed by atoms with E-state index in [1.54, 1.807) is 44.7 Å². The highest BCUT2D eigenvalue weighted by Crippen LogP contribution is 2.42. The van der Waals surface area contributed by atoms with Crippen molar-refractivity contribution in [2.75, 3.05) is 29.9 Å². The molecule has 0 aliphatic rings. The predicted octanol–water partition coefficient (Wildman–Crippen LogP) is 7.60. The van der Waals surface area contributed by atoms with Crippen molar-refractivity contribution in [1.29, 1.82) is 0 Å². The van der Waals surface area contributed by atoms with Crippen molar-refractivity contribution in [2.45, 2.75) is 84.2 Å². The van der Waals surface area contributed by atoms with Gasteiger partial charge in [0.15, 0.2) is 0 Å². The van der Waals surface area contributed by atoms with Crippen LogP contribution in [0.3, 0.4) is 0 Å². The van der Waals surface area contributed by atoms with E-state index in [0.29, 0.717) is 59.2 Å². The molecule has 3 aromatic carbocycles. The molecule has 0 saturated carbocycles. The number of anilines is 1. The predicted molar refractivity (Wildman–Crippen MR) is 214 cm³/mol. The number of carbonyl (C=O) groups is 3. The van der Waals surface area contributed by atoms with Crippen LogP contribution in [0.2, 0.25) is 0 Å². The largest absolute Gasteiger partial charge is 0.444 e. The minimum absolute atomic E-state index is 0.0183. The molecule has 0 fully saturated rings. The number of thioether (sulfide) groups is 1. The Morgan fingerprint density at radius 1 is 0.833 bits per heavy atom. The monoisotopic (exact) mass is 760 g/mol. The first-order valence-corrected chi connectivity index (χ1v) is 19.5. The first-order valence-electron chi connectivity index (χ1n) is 18.3. The van der Waals surface area contributed by atoms with Crippen molar-refractivity contribution in [2.24, 2.45) is 0 Å². The summed E-state index contributed by atoms with van der Waals surface area (Å²) in [6.45, 7) is 10.5. The number of aromatic nitrogens is 1. The number of para-hydroxylation sites is 1. The van der Waals surface area contributed by atoms with Crippen LogP contribution < -0.4 is 16.0 Å². The Hall–Kier alpha value is -4.65. The summed E-state index contributed by atoms with van der Waals surface area (Å²) in [7, 11) is 0. The van der Waals surface area contributed by atoms with E-state index in [9.17, 15) is 29.0 Å². The highest BCUT2D eigenvalue weighted by Gasteiger charge is 2.31. The molecule has 4 aromatic rings. The minimum atomic E-state index is -1.07. The van der Waals surface area contributed by atoms with Crippen LogP contribution in [-0.2, 0) is 16.1 Å². The molecule has 3 amide bonds. The molecule has 12 heteroatoms. The van der Waals surface area contributed by atoms with E-state index >= 15 is 0 Å². The summed E-state index contributed by atoms with van der Waals surface area (Å²) in [5, 5.41) is 30.4. The minimum Gasteiger partial charge on any atom is -0.444 e. The number of aliphatic hydroxyl groups excluding tert-OH is 2. The van der Waals surface area contributed by atoms with Crippen LogP contribution in [0, 0.1) is 5.82 Å². The molecule has 0 aliphatic heterocycles. The summed E-state index contributed by atoms with van der Waals surface area (Å²) in [6.07, 6.45) is -2.44. The van der Waals surface area contributed by atoms with Gasteiger partial charge >= 0.3 is 6.09 Å². The number of hydrogen-bond donors (Lipinski definition) is 5. The van der Waals surface area contributed by atoms with Gasteiger partial charge in [-0.1, -0.05) is 62.4 Å². The fourth-order valence-electron chi connectivity index (χ4n) is 6.19. The van der Waals surface area contributed by atoms with Gasteiger partial charge in [-0.2, -0.15) is 11.8 Å². The molecular formula is C42H53FN4O6S. The second kappa shape index (κ2) is 20.1. The van der Waals surface area contributed by atoms with Crippen LogP contribution in [-0.4, -0.2) is 75.1 Å². The number of halogens is 1. The Kier molecular flexibility index (Phi) is 15.7. The summed E-state index contributed by atoms with van der Waals surface area (Å²) in [6, 6.07) is 25.0. The number of amides is 3. The van der Waals surface area contributed by atoms with Crippen LogP contribution in [0.25, 0.3) is 22.4 Å². The van der Waals surface area contributed by atoms with Gasteiger partial charge in [0, 0.05) is 48.1 Å². The number of nitrogens with zero attached hydrogens (tertiary/aromatic N) is 1. The summed E-state index contributed by atoms with van der Waals surface area (Å²) in [4.78, 5) is 38.5. The molecular weight excluding hydrogens is 708 g/mol. The number of benzene rings is 3. The molecule has 4 rings (SSSR count). The van der Waals surface area contributed by atoms with Crippen molar-refractivity contribution in [3.63, 3.8) is 0 Å². The lowest BCUT2D eigenvalue weighted by atomic mass is 9.94. The summed E-state index contributed by atoms with van der Waals surface area (Å²) >= 11 is 1.56. The van der Waals surface area contributed by atoms with E-state index in [1.165, 1.54) is 12.1 Å². The molecule has 10 nitrogen and oxygen atoms in total. The number of aliphatic hydroxyl groups is 2. The number of carbonyl (C=O) groups excluding carboxylic acids is 3. The Balaban J connectivity index is 1.46. The van der Waals surface area contributed by atoms with Gasteiger partial charge in [-0.15, -0.1) is 0 Å². The van der Waals surface area contributed by atoms with E-state index in [-0.39, 0.29) is 42.8 Å². The first-order chi connectivity index (χ1) is 25.7. The van der Waals surface area contributed by atoms with Crippen molar-refractivity contribution in [3.05, 3.63) is 102 Å². The maximum atomic E-state index is 14.3. The molecule has 54 heavy (non-hydrogen) atoms. The second-order valence-corrected chi connectivity index (χ2v) is 15.6. The summed E-state index contributed by atoms with van der Waals surface area (Å²) in [5.41, 5.74) is 4.27. The third-order valence-electron chi connectivity index (χ3n) is 8.42. The average molecular weight is 761 g/mol. The molecule has 0 spiro atoms. The number of hydrogen-bond acceptors (Lipinski definition) is 7. The maximum absolute atomic E-state index is 14.3. The van der Waals surface area contributed by atoms with Gasteiger partial charge in [0.05, 0.1) is 29.9 Å². The van der Waals surface area contributed by atoms with Crippen LogP contribution in [0.4, 0.5) is 14.9 Å². The van der Waals surface area contributed by atoms with Crippen molar-refractivity contribution >= 4 is 35.4 Å². The second-order valence-electron chi connectivity index (χ2n) is 14.4. The topological polar surface area (TPSA) is 142 Å². The SMILES string of the molecule is CC(C)c1c(C(=O)Nc2ccccc2)c(-c2ccccc2)c(-c2ccc(F)cc2)n1CCC(O)CC(O)CC(=O)NCCSCCNC(=O)OC(C)(C)C. The number of ether oxygens (including phenoxy) is 1. The van der Waals surface area contributed by atoms with Gasteiger partial charge in [-0.25, -0.2) is 9.18 Å². The van der Waals surface area contributed by atoms with Crippen LogP contribution >= 0.6 is 11.8 Å². The molecule has 1 aromatic heterocycles. The first kappa shape index (κ1) is 42.1. The van der Waals surface area contributed by atoms with Crippen molar-refractivity contribution in [3.8, 4) is 22.4 Å². The molecule has 0 radical (unpaired) electrons. The van der Waals surface area contributed by atoms with Gasteiger partial charge in [-0.3, -0.25) is 9.59 Å². The zero-order chi connectivity index (χ0) is 39.3. The third kappa shape index (κ3) is 12.7. The number of alkyl carbamates (subject to hydrolysis) is 1. The summed E-state index contributed by atoms with van der Waals surface area (Å²) in [5.74, 6) is 0.160. The van der Waals surface area contributed by atoms with Crippen molar-refractivity contribution in [1.82, 2.24) is 15.2 Å². The lowest BCUT2D eigenvalue weighted by Gasteiger charge is -2.20. The smallest absolute Gasteiger partial charge is 0.407 e. The van der Waals surface area contributed by atoms with E-state index in [0.717, 1.165) is 11.3 Å². The van der Waals surface area contributed by atoms with Gasteiger partial charge in [0.2, 0.25) is 5.91 Å². The number of rotatable bonds is 18. The third-order valence-corrected chi connectivity index (χ3v) is 9.41. The van der Waals surface area contributed by atoms with Gasteiger partial charge in [0.1, 0.15) is 11.4 Å². The molecule has 0 bridgehead atoms. The quantitative estimate of drug-likeness (QED) is 0.0658. The van der Waals surface area contributed by atoms with Crippen LogP contribution in [0.15, 0.2) is 84.9 Å². The van der Waals surface area contributed by atoms with E-state index in [2.05, 4.69) is 16.0 Å². The van der Waals surface area contributed by atoms with Gasteiger partial charge in [0.25, 0.3) is 5.91 Å². The zero-order valence-corrected chi connectivity index (χ0v) is 32.5. The molecule has 0 aliphatic carbocycles. The van der Waals surface area contributed by atoms with E-state index in [4.69, 9.17) is 4.74 Å². The standard InChI is InChI=1S/C42H53FN4O6S/c1-28(2)38-37(40(51)46-32-14-10-7-11-15-32)36(29-12-8-6-9-13-29)39(30-16-18-31(43)19-17-30)47(38)23-20-33(48)26-34(49)27-35(50)44-21-24-54-25-22-45-41(52)53-42(3,4)5/h6-19,28,33-34,48-49H,20-27H2,1-5H3,(H,44,50)(H,45,52)(H,46,51). The van der Waals surface area contributed by atoms with Crippen LogP contribution in [0.5, 0.6) is 0 Å². The van der Waals surface area contributed by atoms with Crippen LogP contribution in [0.1, 0.15) is 75.9 Å². The fourth-order valence-corrected chi connectivity index (χ4v) is 6.89. The Morgan fingerprint density at radius 2 is 1.44 bits per heavy atom. The Bertz CT molecular complexity index is 1810. The van der Waals surface area contributed by atoms with E-state index in [1.807, 2.05) is 79.1 Å². The molecule has 2 unspecified atom stereocenters. The maximum Gasteiger partial charge on any atom is 0.407 e. The zero-order valence-electron chi connectivity index (χ0n) is 31.7. The highest BCUT2D eigenvalue weighted by atomic mass is 32.2. The fraction of sp³-hybridized carbons (Fsp3) is 0.405. The lowest BCUT2D eigenvalue weighted by Crippen LogP contribution is -2.34. The Labute approximate surface area is 321 Å². The lowest BCUT2D eigenvalue weighted by molar-refractivity contribution is -0.123. The van der Waals surface area contributed by atoms with Gasteiger partial charge in [-0.05, 0) is 87.1 Å². The normalized spacial score (nSPS) is 12.6. The molecule has 5 N–H and O–H groups in total. The molecule has 2 atom stereocenters. The summed E-state index contributed by atoms with van der Waals surface area (Å²) < 4.78 is 21.4. The molecule has 290 valence electrons. The van der Waals surface area contributed by atoms with Crippen molar-refractivity contribution < 1.29 is 33.7 Å². The molecule has 0 saturated heterocycles.